The Labute approximate surface area is 124 Å². The zero-order chi connectivity index (χ0) is 13.8. The SMILES string of the molecule is CC1C=CC([S+](c2ccccc2)c2ccccc2)=CC1. The van der Waals surface area contributed by atoms with Crippen LogP contribution < -0.4 is 0 Å². The number of rotatable bonds is 3. The highest BCUT2D eigenvalue weighted by Gasteiger charge is 2.30. The highest BCUT2D eigenvalue weighted by molar-refractivity contribution is 8.00. The minimum absolute atomic E-state index is 0.0217. The minimum atomic E-state index is 0.0217. The Kier molecular flexibility index (Phi) is 4.08. The van der Waals surface area contributed by atoms with Crippen molar-refractivity contribution in [2.24, 2.45) is 5.92 Å². The molecule has 0 amide bonds. The Balaban J connectivity index is 2.03. The second-order valence-electron chi connectivity index (χ2n) is 5.11. The van der Waals surface area contributed by atoms with Gasteiger partial charge in [0, 0.05) is 0 Å². The summed E-state index contributed by atoms with van der Waals surface area (Å²) in [6.07, 6.45) is 8.21. The van der Waals surface area contributed by atoms with E-state index in [1.165, 1.54) is 14.7 Å². The predicted octanol–water partition coefficient (Wildman–Crippen LogP) is 5.20. The molecule has 0 bridgehead atoms. The standard InChI is InChI=1S/C19H19S/c1-16-12-14-19(15-13-16)20(17-8-4-2-5-9-17)18-10-6-3-7-11-18/h2-12,14-16H,13H2,1H3/q+1. The molecule has 20 heavy (non-hydrogen) atoms. The van der Waals surface area contributed by atoms with Crippen LogP contribution in [0.5, 0.6) is 0 Å². The van der Waals surface area contributed by atoms with E-state index in [9.17, 15) is 0 Å². The van der Waals surface area contributed by atoms with Crippen LogP contribution in [0.2, 0.25) is 0 Å². The molecular formula is C19H19S+. The van der Waals surface area contributed by atoms with Crippen LogP contribution in [0, 0.1) is 5.92 Å². The van der Waals surface area contributed by atoms with Gasteiger partial charge in [0.25, 0.3) is 0 Å². The lowest BCUT2D eigenvalue weighted by Gasteiger charge is -2.13. The molecule has 0 aromatic heterocycles. The summed E-state index contributed by atoms with van der Waals surface area (Å²) >= 11 is 0. The summed E-state index contributed by atoms with van der Waals surface area (Å²) in [5.74, 6) is 0.663. The van der Waals surface area contributed by atoms with Crippen molar-refractivity contribution in [3.8, 4) is 0 Å². The molecule has 0 nitrogen and oxygen atoms in total. The number of benzene rings is 2. The molecule has 0 spiro atoms. The van der Waals surface area contributed by atoms with Crippen LogP contribution in [-0.4, -0.2) is 0 Å². The van der Waals surface area contributed by atoms with Gasteiger partial charge in [0.1, 0.15) is 0 Å². The van der Waals surface area contributed by atoms with Gasteiger partial charge in [-0.15, -0.1) is 0 Å². The molecule has 0 aliphatic heterocycles. The summed E-state index contributed by atoms with van der Waals surface area (Å²) in [6, 6.07) is 21.7. The lowest BCUT2D eigenvalue weighted by Crippen LogP contribution is -2.08. The smallest absolute Gasteiger partial charge is 0.0764 e. The third-order valence-electron chi connectivity index (χ3n) is 3.47. The van der Waals surface area contributed by atoms with Gasteiger partial charge in [-0.3, -0.25) is 0 Å². The molecule has 1 heteroatoms. The van der Waals surface area contributed by atoms with E-state index in [1.54, 1.807) is 0 Å². The second-order valence-corrected chi connectivity index (χ2v) is 7.14. The Bertz CT molecular complexity index is 571. The maximum absolute atomic E-state index is 2.41. The predicted molar refractivity (Wildman–Crippen MR) is 87.8 cm³/mol. The first-order valence-corrected chi connectivity index (χ1v) is 8.30. The highest BCUT2D eigenvalue weighted by Crippen LogP contribution is 2.33. The molecule has 0 radical (unpaired) electrons. The molecule has 1 aliphatic carbocycles. The third kappa shape index (κ3) is 2.88. The van der Waals surface area contributed by atoms with Gasteiger partial charge in [-0.05, 0) is 48.8 Å². The zero-order valence-corrected chi connectivity index (χ0v) is 12.5. The fourth-order valence-corrected chi connectivity index (χ4v) is 4.53. The van der Waals surface area contributed by atoms with E-state index in [0.717, 1.165) is 6.42 Å². The van der Waals surface area contributed by atoms with Crippen LogP contribution in [0.3, 0.4) is 0 Å². The van der Waals surface area contributed by atoms with Gasteiger partial charge in [-0.1, -0.05) is 49.4 Å². The molecule has 3 rings (SSSR count). The average Bonchev–Trinajstić information content (AvgIpc) is 2.52. The van der Waals surface area contributed by atoms with Crippen molar-refractivity contribution in [3.63, 3.8) is 0 Å². The van der Waals surface area contributed by atoms with Gasteiger partial charge in [-0.2, -0.15) is 0 Å². The molecule has 0 N–H and O–H groups in total. The van der Waals surface area contributed by atoms with Crippen LogP contribution in [0.1, 0.15) is 13.3 Å². The number of hydrogen-bond acceptors (Lipinski definition) is 0. The summed E-state index contributed by atoms with van der Waals surface area (Å²) in [7, 11) is 0.0217. The lowest BCUT2D eigenvalue weighted by atomic mass is 10.0. The first kappa shape index (κ1) is 13.3. The molecule has 1 aliphatic rings. The highest BCUT2D eigenvalue weighted by atomic mass is 32.2. The van der Waals surface area contributed by atoms with E-state index in [-0.39, 0.29) is 10.9 Å². The first-order valence-electron chi connectivity index (χ1n) is 7.07. The molecule has 1 unspecified atom stereocenters. The lowest BCUT2D eigenvalue weighted by molar-refractivity contribution is 0.735. The van der Waals surface area contributed by atoms with Crippen molar-refractivity contribution in [1.29, 1.82) is 0 Å². The van der Waals surface area contributed by atoms with Gasteiger partial charge >= 0.3 is 0 Å². The summed E-state index contributed by atoms with van der Waals surface area (Å²) in [5.41, 5.74) is 0. The second kappa shape index (κ2) is 6.15. The van der Waals surface area contributed by atoms with Crippen LogP contribution in [-0.2, 0) is 10.9 Å². The maximum Gasteiger partial charge on any atom is 0.166 e. The monoisotopic (exact) mass is 279 g/mol. The summed E-state index contributed by atoms with van der Waals surface area (Å²) in [5, 5.41) is 0. The van der Waals surface area contributed by atoms with Crippen molar-refractivity contribution in [2.75, 3.05) is 0 Å². The molecule has 0 heterocycles. The normalized spacial score (nSPS) is 18.1. The van der Waals surface area contributed by atoms with E-state index in [2.05, 4.69) is 85.8 Å². The third-order valence-corrected chi connectivity index (χ3v) is 5.73. The van der Waals surface area contributed by atoms with Gasteiger partial charge < -0.3 is 0 Å². The van der Waals surface area contributed by atoms with Crippen LogP contribution in [0.25, 0.3) is 0 Å². The van der Waals surface area contributed by atoms with Crippen molar-refractivity contribution in [2.45, 2.75) is 23.1 Å². The molecule has 0 saturated heterocycles. The molecule has 0 fully saturated rings. The molecular weight excluding hydrogens is 260 g/mol. The van der Waals surface area contributed by atoms with Gasteiger partial charge in [0.15, 0.2) is 14.7 Å². The first-order chi connectivity index (χ1) is 9.84. The summed E-state index contributed by atoms with van der Waals surface area (Å²) in [4.78, 5) is 4.23. The molecule has 0 saturated carbocycles. The fourth-order valence-electron chi connectivity index (χ4n) is 2.38. The van der Waals surface area contributed by atoms with E-state index >= 15 is 0 Å². The average molecular weight is 279 g/mol. The minimum Gasteiger partial charge on any atom is -0.0764 e. The quantitative estimate of drug-likeness (QED) is 0.677. The molecule has 2 aromatic carbocycles. The Morgan fingerprint density at radius 1 is 0.850 bits per heavy atom. The Hall–Kier alpha value is -1.73. The van der Waals surface area contributed by atoms with Gasteiger partial charge in [0.05, 0.1) is 10.9 Å². The number of hydrogen-bond donors (Lipinski definition) is 0. The van der Waals surface area contributed by atoms with Crippen molar-refractivity contribution >= 4 is 10.9 Å². The Morgan fingerprint density at radius 3 is 1.85 bits per heavy atom. The van der Waals surface area contributed by atoms with Crippen molar-refractivity contribution < 1.29 is 0 Å². The Morgan fingerprint density at radius 2 is 1.40 bits per heavy atom. The summed E-state index contributed by atoms with van der Waals surface area (Å²) < 4.78 is 0. The van der Waals surface area contributed by atoms with Crippen molar-refractivity contribution in [1.82, 2.24) is 0 Å². The van der Waals surface area contributed by atoms with E-state index in [1.807, 2.05) is 0 Å². The van der Waals surface area contributed by atoms with Crippen molar-refractivity contribution in [3.05, 3.63) is 83.8 Å². The van der Waals surface area contributed by atoms with E-state index < -0.39 is 0 Å². The van der Waals surface area contributed by atoms with Crippen LogP contribution in [0.15, 0.2) is 93.6 Å². The maximum atomic E-state index is 2.41. The number of allylic oxidation sites excluding steroid dienone is 3. The van der Waals surface area contributed by atoms with E-state index in [0.29, 0.717) is 5.92 Å². The topological polar surface area (TPSA) is 0 Å². The molecule has 100 valence electrons. The van der Waals surface area contributed by atoms with Crippen LogP contribution >= 0.6 is 0 Å². The van der Waals surface area contributed by atoms with E-state index in [4.69, 9.17) is 0 Å². The molecule has 1 atom stereocenters. The largest absolute Gasteiger partial charge is 0.166 e. The van der Waals surface area contributed by atoms with Gasteiger partial charge in [0.2, 0.25) is 0 Å². The fraction of sp³-hybridized carbons (Fsp3) is 0.158. The van der Waals surface area contributed by atoms with Gasteiger partial charge in [-0.25, -0.2) is 0 Å². The summed E-state index contributed by atoms with van der Waals surface area (Å²) in [6.45, 7) is 2.27. The molecule has 2 aromatic rings. The zero-order valence-electron chi connectivity index (χ0n) is 11.7. The van der Waals surface area contributed by atoms with Crippen LogP contribution in [0.4, 0.5) is 0 Å².